The molecule has 1 fully saturated rings. The van der Waals surface area contributed by atoms with Gasteiger partial charge in [0, 0.05) is 12.8 Å². The molecule has 0 bridgehead atoms. The first-order chi connectivity index (χ1) is 7.19. The van der Waals surface area contributed by atoms with Gasteiger partial charge in [-0.1, -0.05) is 38.0 Å². The number of rotatable bonds is 4. The molecule has 0 aromatic carbocycles. The zero-order chi connectivity index (χ0) is 11.1. The van der Waals surface area contributed by atoms with E-state index in [1.54, 1.807) is 0 Å². The lowest BCUT2D eigenvalue weighted by atomic mass is 10.0. The standard InChI is InChI=1S/C13H20O2/c1-2-3-4-5-6-7-10-13(15)11-8-9-12(13)14/h15H,2-6,8-9,11H2,1H3. The third kappa shape index (κ3) is 3.68. The summed E-state index contributed by atoms with van der Waals surface area (Å²) in [6.45, 7) is 2.17. The lowest BCUT2D eigenvalue weighted by Gasteiger charge is -2.11. The predicted octanol–water partition coefficient (Wildman–Crippen LogP) is 2.44. The lowest BCUT2D eigenvalue weighted by molar-refractivity contribution is -0.128. The minimum atomic E-state index is -1.30. The van der Waals surface area contributed by atoms with Gasteiger partial charge in [-0.15, -0.1) is 0 Å². The van der Waals surface area contributed by atoms with E-state index < -0.39 is 5.60 Å². The van der Waals surface area contributed by atoms with Crippen molar-refractivity contribution in [1.29, 1.82) is 0 Å². The molecule has 1 aliphatic rings. The molecule has 0 radical (unpaired) electrons. The third-order valence-corrected chi connectivity index (χ3v) is 2.85. The Bertz CT molecular complexity index is 272. The largest absolute Gasteiger partial charge is 0.371 e. The first-order valence-electron chi connectivity index (χ1n) is 5.95. The molecule has 1 aliphatic carbocycles. The molecule has 15 heavy (non-hydrogen) atoms. The maximum Gasteiger partial charge on any atom is 0.184 e. The molecule has 0 saturated heterocycles. The Hall–Kier alpha value is -0.810. The van der Waals surface area contributed by atoms with E-state index in [0.717, 1.165) is 19.3 Å². The second-order valence-electron chi connectivity index (χ2n) is 4.25. The van der Waals surface area contributed by atoms with Gasteiger partial charge in [-0.25, -0.2) is 0 Å². The summed E-state index contributed by atoms with van der Waals surface area (Å²) < 4.78 is 0. The molecular formula is C13H20O2. The van der Waals surface area contributed by atoms with Crippen LogP contribution in [0.2, 0.25) is 0 Å². The fourth-order valence-electron chi connectivity index (χ4n) is 1.83. The van der Waals surface area contributed by atoms with E-state index in [0.29, 0.717) is 12.8 Å². The number of aliphatic hydroxyl groups is 1. The molecule has 0 aromatic rings. The molecule has 1 N–H and O–H groups in total. The summed E-state index contributed by atoms with van der Waals surface area (Å²) >= 11 is 0. The number of carbonyl (C=O) groups excluding carboxylic acids is 1. The molecule has 2 nitrogen and oxygen atoms in total. The van der Waals surface area contributed by atoms with Crippen LogP contribution in [0.25, 0.3) is 0 Å². The van der Waals surface area contributed by atoms with Crippen LogP contribution >= 0.6 is 0 Å². The zero-order valence-corrected chi connectivity index (χ0v) is 9.51. The maximum absolute atomic E-state index is 11.3. The molecular weight excluding hydrogens is 188 g/mol. The topological polar surface area (TPSA) is 37.3 Å². The van der Waals surface area contributed by atoms with E-state index in [1.807, 2.05) is 0 Å². The van der Waals surface area contributed by atoms with Gasteiger partial charge in [0.2, 0.25) is 0 Å². The number of ketones is 1. The van der Waals surface area contributed by atoms with Crippen LogP contribution in [0.5, 0.6) is 0 Å². The molecule has 0 amide bonds. The van der Waals surface area contributed by atoms with Gasteiger partial charge < -0.3 is 5.11 Å². The Kier molecular flexibility index (Phi) is 4.84. The van der Waals surface area contributed by atoms with Gasteiger partial charge in [0.25, 0.3) is 0 Å². The second kappa shape index (κ2) is 5.92. The minimum Gasteiger partial charge on any atom is -0.371 e. The highest BCUT2D eigenvalue weighted by Gasteiger charge is 2.37. The smallest absolute Gasteiger partial charge is 0.184 e. The number of Topliss-reactive ketones (excluding diaryl/α,β-unsaturated/α-hetero) is 1. The number of hydrogen-bond acceptors (Lipinski definition) is 2. The summed E-state index contributed by atoms with van der Waals surface area (Å²) in [5.41, 5.74) is -1.30. The van der Waals surface area contributed by atoms with E-state index >= 15 is 0 Å². The second-order valence-corrected chi connectivity index (χ2v) is 4.25. The van der Waals surface area contributed by atoms with Crippen LogP contribution in [0.4, 0.5) is 0 Å². The summed E-state index contributed by atoms with van der Waals surface area (Å²) in [6, 6.07) is 0. The molecule has 1 saturated carbocycles. The van der Waals surface area contributed by atoms with Gasteiger partial charge in [-0.2, -0.15) is 0 Å². The van der Waals surface area contributed by atoms with Crippen LogP contribution in [0.3, 0.4) is 0 Å². The number of unbranched alkanes of at least 4 members (excludes halogenated alkanes) is 4. The van der Waals surface area contributed by atoms with Crippen molar-refractivity contribution < 1.29 is 9.90 Å². The monoisotopic (exact) mass is 208 g/mol. The Morgan fingerprint density at radius 2 is 2.20 bits per heavy atom. The average Bonchev–Trinajstić information content (AvgIpc) is 2.54. The van der Waals surface area contributed by atoms with Crippen molar-refractivity contribution in [2.75, 3.05) is 0 Å². The highest BCUT2D eigenvalue weighted by atomic mass is 16.3. The summed E-state index contributed by atoms with van der Waals surface area (Å²) in [5, 5.41) is 9.84. The van der Waals surface area contributed by atoms with Gasteiger partial charge in [-0.3, -0.25) is 4.79 Å². The lowest BCUT2D eigenvalue weighted by Crippen LogP contribution is -2.31. The number of hydrogen-bond donors (Lipinski definition) is 1. The first-order valence-corrected chi connectivity index (χ1v) is 5.95. The SMILES string of the molecule is CCCCCCC#CC1(O)CCCC1=O. The van der Waals surface area contributed by atoms with E-state index in [1.165, 1.54) is 19.3 Å². The highest BCUT2D eigenvalue weighted by Crippen LogP contribution is 2.25. The fourth-order valence-corrected chi connectivity index (χ4v) is 1.83. The van der Waals surface area contributed by atoms with Gasteiger partial charge in [-0.05, 0) is 19.3 Å². The van der Waals surface area contributed by atoms with Crippen LogP contribution < -0.4 is 0 Å². The van der Waals surface area contributed by atoms with E-state index in [2.05, 4.69) is 18.8 Å². The van der Waals surface area contributed by atoms with Gasteiger partial charge in [0.05, 0.1) is 0 Å². The minimum absolute atomic E-state index is 0.0939. The van der Waals surface area contributed by atoms with Gasteiger partial charge in [0.15, 0.2) is 11.4 Å². The van der Waals surface area contributed by atoms with E-state index in [9.17, 15) is 9.90 Å². The first kappa shape index (κ1) is 12.3. The molecule has 1 unspecified atom stereocenters. The summed E-state index contributed by atoms with van der Waals surface area (Å²) in [4.78, 5) is 11.3. The molecule has 0 aromatic heterocycles. The fraction of sp³-hybridized carbons (Fsp3) is 0.769. The van der Waals surface area contributed by atoms with E-state index in [-0.39, 0.29) is 5.78 Å². The van der Waals surface area contributed by atoms with Crippen LogP contribution in [0, 0.1) is 11.8 Å². The molecule has 1 rings (SSSR count). The van der Waals surface area contributed by atoms with Crippen LogP contribution in [-0.4, -0.2) is 16.5 Å². The Balaban J connectivity index is 2.28. The Morgan fingerprint density at radius 3 is 2.80 bits per heavy atom. The van der Waals surface area contributed by atoms with Crippen molar-refractivity contribution in [3.05, 3.63) is 0 Å². The summed E-state index contributed by atoms with van der Waals surface area (Å²) in [5.74, 6) is 5.58. The molecule has 1 atom stereocenters. The van der Waals surface area contributed by atoms with Crippen molar-refractivity contribution in [1.82, 2.24) is 0 Å². The van der Waals surface area contributed by atoms with Crippen LogP contribution in [0.15, 0.2) is 0 Å². The highest BCUT2D eigenvalue weighted by molar-refractivity contribution is 5.92. The molecule has 0 spiro atoms. The van der Waals surface area contributed by atoms with Crippen molar-refractivity contribution in [3.8, 4) is 11.8 Å². The summed E-state index contributed by atoms with van der Waals surface area (Å²) in [6.07, 6.45) is 7.31. The Labute approximate surface area is 92.1 Å². The van der Waals surface area contributed by atoms with Crippen molar-refractivity contribution in [3.63, 3.8) is 0 Å². The van der Waals surface area contributed by atoms with Gasteiger partial charge in [0.1, 0.15) is 0 Å². The molecule has 2 heteroatoms. The number of carbonyl (C=O) groups is 1. The Morgan fingerprint density at radius 1 is 1.40 bits per heavy atom. The van der Waals surface area contributed by atoms with Gasteiger partial charge >= 0.3 is 0 Å². The normalized spacial score (nSPS) is 25.1. The molecule has 84 valence electrons. The van der Waals surface area contributed by atoms with Crippen molar-refractivity contribution in [2.45, 2.75) is 63.9 Å². The maximum atomic E-state index is 11.3. The quantitative estimate of drug-likeness (QED) is 0.569. The van der Waals surface area contributed by atoms with Crippen molar-refractivity contribution in [2.24, 2.45) is 0 Å². The van der Waals surface area contributed by atoms with Crippen LogP contribution in [-0.2, 0) is 4.79 Å². The summed E-state index contributed by atoms with van der Waals surface area (Å²) in [7, 11) is 0. The molecule has 0 aliphatic heterocycles. The molecule has 0 heterocycles. The average molecular weight is 208 g/mol. The third-order valence-electron chi connectivity index (χ3n) is 2.85. The van der Waals surface area contributed by atoms with Crippen molar-refractivity contribution >= 4 is 5.78 Å². The zero-order valence-electron chi connectivity index (χ0n) is 9.51. The predicted molar refractivity (Wildman–Crippen MR) is 60.3 cm³/mol. The van der Waals surface area contributed by atoms with E-state index in [4.69, 9.17) is 0 Å². The van der Waals surface area contributed by atoms with Crippen LogP contribution in [0.1, 0.15) is 58.3 Å².